The van der Waals surface area contributed by atoms with Gasteiger partial charge in [-0.15, -0.1) is 0 Å². The Bertz CT molecular complexity index is 1520. The van der Waals surface area contributed by atoms with Gasteiger partial charge < -0.3 is 14.4 Å². The van der Waals surface area contributed by atoms with Crippen molar-refractivity contribution in [3.05, 3.63) is 81.1 Å². The van der Waals surface area contributed by atoms with Crippen molar-refractivity contribution >= 4 is 43.4 Å². The van der Waals surface area contributed by atoms with Crippen LogP contribution in [0.25, 0.3) is 0 Å². The van der Waals surface area contributed by atoms with Crippen molar-refractivity contribution in [2.45, 2.75) is 89.5 Å². The summed E-state index contributed by atoms with van der Waals surface area (Å²) in [5.41, 5.74) is -1.02. The molecule has 1 saturated carbocycles. The highest BCUT2D eigenvalue weighted by atomic mass is 35.5. The fraction of sp³-hybridized carbons (Fsp3) is 0.500. The molecule has 1 N–H and O–H groups in total. The van der Waals surface area contributed by atoms with E-state index in [4.69, 9.17) is 27.6 Å². The van der Waals surface area contributed by atoms with Crippen LogP contribution in [0, 0.1) is 11.7 Å². The van der Waals surface area contributed by atoms with Gasteiger partial charge in [-0.1, -0.05) is 56.1 Å². The SMILES string of the molecule is CC[Si](CC)(CC)OC(CN(Cc1ccc(F)cc1)C(=O)c1cnn([C@H]2CC[C@H](C(=O)O)CC2)c1C(F)(F)F)c1c(Cl)cncc1Cl. The Hall–Kier alpha value is -3.00. The van der Waals surface area contributed by atoms with Crippen molar-refractivity contribution in [3.63, 3.8) is 0 Å². The third-order valence-corrected chi connectivity index (χ3v) is 14.4. The third-order valence-electron chi connectivity index (χ3n) is 9.18. The second kappa shape index (κ2) is 15.5. The maximum absolute atomic E-state index is 14.8. The first kappa shape index (κ1) is 36.8. The van der Waals surface area contributed by atoms with Crippen LogP contribution in [-0.4, -0.2) is 51.5 Å². The number of hydrogen-bond acceptors (Lipinski definition) is 5. The molecule has 1 atom stereocenters. The van der Waals surface area contributed by atoms with Crippen LogP contribution < -0.4 is 0 Å². The summed E-state index contributed by atoms with van der Waals surface area (Å²) in [5.74, 6) is -3.10. The minimum absolute atomic E-state index is 0.168. The molecule has 2 heterocycles. The summed E-state index contributed by atoms with van der Waals surface area (Å²) in [5, 5.41) is 13.8. The number of amides is 1. The second-order valence-corrected chi connectivity index (χ2v) is 17.4. The lowest BCUT2D eigenvalue weighted by atomic mass is 9.86. The summed E-state index contributed by atoms with van der Waals surface area (Å²) in [4.78, 5) is 31.0. The van der Waals surface area contributed by atoms with Gasteiger partial charge >= 0.3 is 12.1 Å². The molecule has 0 radical (unpaired) electrons. The number of carboxylic acids is 1. The quantitative estimate of drug-likeness (QED) is 0.140. The Balaban J connectivity index is 1.80. The molecule has 0 bridgehead atoms. The third kappa shape index (κ3) is 8.54. The van der Waals surface area contributed by atoms with Crippen molar-refractivity contribution in [1.82, 2.24) is 19.7 Å². The molecule has 4 rings (SSSR count). The smallest absolute Gasteiger partial charge is 0.433 e. The molecule has 1 aliphatic carbocycles. The molecule has 1 unspecified atom stereocenters. The number of halogens is 6. The van der Waals surface area contributed by atoms with E-state index in [0.29, 0.717) is 11.1 Å². The van der Waals surface area contributed by atoms with Crippen molar-refractivity contribution in [2.75, 3.05) is 6.54 Å². The van der Waals surface area contributed by atoms with Crippen LogP contribution in [-0.2, 0) is 21.9 Å². The first-order chi connectivity index (χ1) is 22.2. The Morgan fingerprint density at radius 3 is 2.11 bits per heavy atom. The average Bonchev–Trinajstić information content (AvgIpc) is 3.50. The Morgan fingerprint density at radius 2 is 1.60 bits per heavy atom. The molecular formula is C32H38Cl2F4N4O4Si. The van der Waals surface area contributed by atoms with Crippen LogP contribution in [0.1, 0.15) is 85.8 Å². The summed E-state index contributed by atoms with van der Waals surface area (Å²) in [6, 6.07) is 6.79. The van der Waals surface area contributed by atoms with Crippen LogP contribution in [0.2, 0.25) is 28.2 Å². The lowest BCUT2D eigenvalue weighted by molar-refractivity contribution is -0.147. The molecule has 1 aromatic carbocycles. The fourth-order valence-electron chi connectivity index (χ4n) is 6.26. The van der Waals surface area contributed by atoms with Gasteiger partial charge in [-0.25, -0.2) is 4.39 Å². The zero-order chi connectivity index (χ0) is 34.5. The first-order valence-electron chi connectivity index (χ1n) is 15.6. The van der Waals surface area contributed by atoms with Gasteiger partial charge in [0, 0.05) is 24.5 Å². The molecule has 15 heteroatoms. The summed E-state index contributed by atoms with van der Waals surface area (Å²) in [7, 11) is -2.43. The highest BCUT2D eigenvalue weighted by Gasteiger charge is 2.44. The number of alkyl halides is 3. The van der Waals surface area contributed by atoms with Gasteiger partial charge in [0.1, 0.15) is 5.82 Å². The van der Waals surface area contributed by atoms with Crippen molar-refractivity contribution in [1.29, 1.82) is 0 Å². The molecule has 256 valence electrons. The minimum atomic E-state index is -4.95. The van der Waals surface area contributed by atoms with E-state index in [1.165, 1.54) is 41.6 Å². The van der Waals surface area contributed by atoms with E-state index >= 15 is 0 Å². The summed E-state index contributed by atoms with van der Waals surface area (Å²) in [6.45, 7) is 5.65. The van der Waals surface area contributed by atoms with Crippen LogP contribution >= 0.6 is 23.2 Å². The first-order valence-corrected chi connectivity index (χ1v) is 18.9. The highest BCUT2D eigenvalue weighted by Crippen LogP contribution is 2.41. The molecule has 0 spiro atoms. The maximum Gasteiger partial charge on any atom is 0.433 e. The molecule has 8 nitrogen and oxygen atoms in total. The van der Waals surface area contributed by atoms with Gasteiger partial charge in [0.2, 0.25) is 0 Å². The maximum atomic E-state index is 14.8. The summed E-state index contributed by atoms with van der Waals surface area (Å²) in [6.07, 6.45) is -1.44. The van der Waals surface area contributed by atoms with E-state index in [1.54, 1.807) is 0 Å². The molecule has 3 aromatic rings. The fourth-order valence-corrected chi connectivity index (χ4v) is 9.67. The number of nitrogens with zero attached hydrogens (tertiary/aromatic N) is 4. The number of aromatic nitrogens is 3. The Labute approximate surface area is 282 Å². The van der Waals surface area contributed by atoms with Crippen LogP contribution in [0.4, 0.5) is 17.6 Å². The van der Waals surface area contributed by atoms with Gasteiger partial charge in [0.05, 0.1) is 46.4 Å². The van der Waals surface area contributed by atoms with Crippen LogP contribution in [0.3, 0.4) is 0 Å². The lowest BCUT2D eigenvalue weighted by Gasteiger charge is -2.37. The average molecular weight is 718 g/mol. The van der Waals surface area contributed by atoms with Gasteiger partial charge in [-0.05, 0) is 61.5 Å². The Morgan fingerprint density at radius 1 is 1.02 bits per heavy atom. The van der Waals surface area contributed by atoms with Crippen LogP contribution in [0.5, 0.6) is 0 Å². The number of aliphatic carboxylic acids is 1. The normalized spacial score (nSPS) is 17.8. The zero-order valence-electron chi connectivity index (χ0n) is 26.4. The lowest BCUT2D eigenvalue weighted by Crippen LogP contribution is -2.42. The van der Waals surface area contributed by atoms with Crippen LogP contribution in [0.15, 0.2) is 42.9 Å². The van der Waals surface area contributed by atoms with Gasteiger partial charge in [0.15, 0.2) is 14.0 Å². The number of hydrogen-bond donors (Lipinski definition) is 1. The number of carbonyl (C=O) groups excluding carboxylic acids is 1. The van der Waals surface area contributed by atoms with Crippen molar-refractivity contribution < 1.29 is 36.7 Å². The molecule has 1 amide bonds. The number of benzene rings is 1. The zero-order valence-corrected chi connectivity index (χ0v) is 28.9. The van der Waals surface area contributed by atoms with E-state index < -0.39 is 61.5 Å². The number of carbonyl (C=O) groups is 2. The predicted molar refractivity (Wildman–Crippen MR) is 172 cm³/mol. The van der Waals surface area contributed by atoms with Gasteiger partial charge in [0.25, 0.3) is 5.91 Å². The standard InChI is InChI=1S/C32H38Cl2F4N4O4Si/c1-4-47(5-2,6-3)46-27(28-25(33)16-39-17-26(28)34)19-41(18-20-7-11-22(35)12-8-20)30(43)24-15-40-42(29(24)32(36,37)38)23-13-9-21(10-14-23)31(44)45/h7-8,11-12,15-17,21,23,27H,4-6,9-10,13-14,18-19H2,1-3H3,(H,44,45)/t21-,23-,27?. The molecule has 47 heavy (non-hydrogen) atoms. The molecule has 2 aromatic heterocycles. The topological polar surface area (TPSA) is 97.6 Å². The molecule has 1 aliphatic rings. The number of pyridine rings is 1. The Kier molecular flexibility index (Phi) is 12.1. The second-order valence-electron chi connectivity index (χ2n) is 11.9. The minimum Gasteiger partial charge on any atom is -0.481 e. The largest absolute Gasteiger partial charge is 0.481 e. The van der Waals surface area contributed by atoms with Crippen molar-refractivity contribution in [3.8, 4) is 0 Å². The molecule has 0 saturated heterocycles. The summed E-state index contributed by atoms with van der Waals surface area (Å²) >= 11 is 13.2. The number of carboxylic acid groups (broad SMARTS) is 1. The van der Waals surface area contributed by atoms with E-state index in [1.807, 2.05) is 20.8 Å². The molecule has 0 aliphatic heterocycles. The highest BCUT2D eigenvalue weighted by molar-refractivity contribution is 6.73. The monoisotopic (exact) mass is 716 g/mol. The summed E-state index contributed by atoms with van der Waals surface area (Å²) < 4.78 is 65.7. The van der Waals surface area contributed by atoms with Gasteiger partial charge in [-0.3, -0.25) is 19.3 Å². The van der Waals surface area contributed by atoms with Gasteiger partial charge in [-0.2, -0.15) is 18.3 Å². The predicted octanol–water partition coefficient (Wildman–Crippen LogP) is 8.96. The van der Waals surface area contributed by atoms with E-state index in [-0.39, 0.29) is 48.8 Å². The molecule has 1 fully saturated rings. The molecular weight excluding hydrogens is 679 g/mol. The van der Waals surface area contributed by atoms with E-state index in [9.17, 15) is 32.3 Å². The van der Waals surface area contributed by atoms with E-state index in [0.717, 1.165) is 29.0 Å². The van der Waals surface area contributed by atoms with E-state index in [2.05, 4.69) is 10.1 Å². The van der Waals surface area contributed by atoms with Crippen molar-refractivity contribution in [2.24, 2.45) is 5.92 Å². The number of rotatable bonds is 13.